The number of hydrogen-bond acceptors (Lipinski definition) is 3. The first-order chi connectivity index (χ1) is 8.22. The van der Waals surface area contributed by atoms with Crippen LogP contribution in [0.1, 0.15) is 23.0 Å². The lowest BCUT2D eigenvalue weighted by Gasteiger charge is -2.06. The van der Waals surface area contributed by atoms with Crippen molar-refractivity contribution in [2.45, 2.75) is 13.5 Å². The Bertz CT molecular complexity index is 532. The molecule has 0 radical (unpaired) electrons. The van der Waals surface area contributed by atoms with Gasteiger partial charge >= 0.3 is 0 Å². The Labute approximate surface area is 99.8 Å². The molecule has 3 heteroatoms. The summed E-state index contributed by atoms with van der Waals surface area (Å²) in [5.74, 6) is 0.0464. The number of benzene rings is 1. The van der Waals surface area contributed by atoms with Gasteiger partial charge in [-0.3, -0.25) is 9.78 Å². The summed E-state index contributed by atoms with van der Waals surface area (Å²) >= 11 is 0. The maximum atomic E-state index is 11.2. The number of pyridine rings is 1. The van der Waals surface area contributed by atoms with E-state index in [0.717, 1.165) is 11.1 Å². The molecule has 0 aliphatic heterocycles. The summed E-state index contributed by atoms with van der Waals surface area (Å²) in [6.45, 7) is 1.45. The second-order valence-electron chi connectivity index (χ2n) is 3.79. The van der Waals surface area contributed by atoms with Crippen LogP contribution in [0.25, 0.3) is 11.1 Å². The standard InChI is InChI=1S/C14H13NO2/c1-10(17)11-4-6-12(7-5-11)13-3-2-8-15-14(13)9-16/h2-8,16H,9H2,1H3. The molecule has 17 heavy (non-hydrogen) atoms. The van der Waals surface area contributed by atoms with Crippen molar-refractivity contribution in [2.24, 2.45) is 0 Å². The molecule has 0 amide bonds. The molecule has 1 heterocycles. The molecule has 0 aliphatic rings. The average Bonchev–Trinajstić information content (AvgIpc) is 2.39. The van der Waals surface area contributed by atoms with Crippen LogP contribution in [0.5, 0.6) is 0 Å². The highest BCUT2D eigenvalue weighted by atomic mass is 16.3. The molecule has 2 rings (SSSR count). The lowest BCUT2D eigenvalue weighted by Crippen LogP contribution is -1.94. The monoisotopic (exact) mass is 227 g/mol. The van der Waals surface area contributed by atoms with E-state index in [1.54, 1.807) is 18.3 Å². The number of hydrogen-bond donors (Lipinski definition) is 1. The van der Waals surface area contributed by atoms with E-state index in [1.807, 2.05) is 24.3 Å². The fraction of sp³-hybridized carbons (Fsp3) is 0.143. The molecule has 0 bridgehead atoms. The Morgan fingerprint density at radius 2 is 1.94 bits per heavy atom. The summed E-state index contributed by atoms with van der Waals surface area (Å²) in [7, 11) is 0. The van der Waals surface area contributed by atoms with Crippen LogP contribution in [0, 0.1) is 0 Å². The van der Waals surface area contributed by atoms with Gasteiger partial charge in [0.05, 0.1) is 12.3 Å². The SMILES string of the molecule is CC(=O)c1ccc(-c2cccnc2CO)cc1. The predicted molar refractivity (Wildman–Crippen MR) is 65.6 cm³/mol. The fourth-order valence-electron chi connectivity index (χ4n) is 1.71. The molecule has 1 aromatic carbocycles. The van der Waals surface area contributed by atoms with E-state index in [9.17, 15) is 9.90 Å². The fourth-order valence-corrected chi connectivity index (χ4v) is 1.71. The number of carbonyl (C=O) groups excluding carboxylic acids is 1. The van der Waals surface area contributed by atoms with Crippen LogP contribution in [-0.4, -0.2) is 15.9 Å². The van der Waals surface area contributed by atoms with Crippen molar-refractivity contribution in [3.63, 3.8) is 0 Å². The molecule has 0 fully saturated rings. The van der Waals surface area contributed by atoms with Crippen LogP contribution in [0.2, 0.25) is 0 Å². The Kier molecular flexibility index (Phi) is 3.30. The molecule has 0 aliphatic carbocycles. The first kappa shape index (κ1) is 11.5. The van der Waals surface area contributed by atoms with Gasteiger partial charge < -0.3 is 5.11 Å². The molecule has 3 nitrogen and oxygen atoms in total. The zero-order valence-electron chi connectivity index (χ0n) is 9.55. The van der Waals surface area contributed by atoms with Gasteiger partial charge in [-0.2, -0.15) is 0 Å². The van der Waals surface area contributed by atoms with Crippen molar-refractivity contribution in [1.82, 2.24) is 4.98 Å². The molecule has 0 spiro atoms. The summed E-state index contributed by atoms with van der Waals surface area (Å²) in [5, 5.41) is 9.21. The first-order valence-corrected chi connectivity index (χ1v) is 5.38. The largest absolute Gasteiger partial charge is 0.390 e. The second-order valence-corrected chi connectivity index (χ2v) is 3.79. The summed E-state index contributed by atoms with van der Waals surface area (Å²) in [6.07, 6.45) is 1.65. The molecule has 0 unspecified atom stereocenters. The van der Waals surface area contributed by atoms with Gasteiger partial charge in [-0.05, 0) is 18.6 Å². The molecular formula is C14H13NO2. The lowest BCUT2D eigenvalue weighted by atomic mass is 10.0. The number of aromatic nitrogens is 1. The van der Waals surface area contributed by atoms with E-state index < -0.39 is 0 Å². The van der Waals surface area contributed by atoms with E-state index in [-0.39, 0.29) is 12.4 Å². The van der Waals surface area contributed by atoms with Crippen LogP contribution in [-0.2, 0) is 6.61 Å². The van der Waals surface area contributed by atoms with Gasteiger partial charge in [-0.15, -0.1) is 0 Å². The van der Waals surface area contributed by atoms with Gasteiger partial charge in [-0.25, -0.2) is 0 Å². The van der Waals surface area contributed by atoms with Gasteiger partial charge in [0, 0.05) is 17.3 Å². The van der Waals surface area contributed by atoms with Crippen LogP contribution >= 0.6 is 0 Å². The van der Waals surface area contributed by atoms with Crippen LogP contribution in [0.3, 0.4) is 0 Å². The minimum atomic E-state index is -0.0926. The first-order valence-electron chi connectivity index (χ1n) is 5.38. The number of rotatable bonds is 3. The van der Waals surface area contributed by atoms with Crippen molar-refractivity contribution in [3.8, 4) is 11.1 Å². The molecular weight excluding hydrogens is 214 g/mol. The van der Waals surface area contributed by atoms with Gasteiger partial charge in [-0.1, -0.05) is 30.3 Å². The number of ketones is 1. The number of aliphatic hydroxyl groups is 1. The number of Topliss-reactive ketones (excluding diaryl/α,β-unsaturated/α-hetero) is 1. The van der Waals surface area contributed by atoms with Gasteiger partial charge in [0.2, 0.25) is 0 Å². The predicted octanol–water partition coefficient (Wildman–Crippen LogP) is 2.44. The van der Waals surface area contributed by atoms with Crippen molar-refractivity contribution >= 4 is 5.78 Å². The molecule has 1 aromatic heterocycles. The number of nitrogens with zero attached hydrogens (tertiary/aromatic N) is 1. The van der Waals surface area contributed by atoms with E-state index in [4.69, 9.17) is 0 Å². The molecule has 0 saturated heterocycles. The van der Waals surface area contributed by atoms with E-state index in [1.165, 1.54) is 6.92 Å². The minimum Gasteiger partial charge on any atom is -0.390 e. The third kappa shape index (κ3) is 2.40. The van der Waals surface area contributed by atoms with Crippen LogP contribution in [0.4, 0.5) is 0 Å². The Morgan fingerprint density at radius 3 is 2.53 bits per heavy atom. The third-order valence-corrected chi connectivity index (χ3v) is 2.64. The third-order valence-electron chi connectivity index (χ3n) is 2.64. The normalized spacial score (nSPS) is 10.2. The van der Waals surface area contributed by atoms with Gasteiger partial charge in [0.1, 0.15) is 0 Å². The highest BCUT2D eigenvalue weighted by molar-refractivity contribution is 5.94. The molecule has 0 atom stereocenters. The summed E-state index contributed by atoms with van der Waals surface area (Å²) in [6, 6.07) is 11.0. The highest BCUT2D eigenvalue weighted by Gasteiger charge is 2.05. The maximum absolute atomic E-state index is 11.2. The zero-order chi connectivity index (χ0) is 12.3. The van der Waals surface area contributed by atoms with Crippen LogP contribution < -0.4 is 0 Å². The van der Waals surface area contributed by atoms with E-state index >= 15 is 0 Å². The molecule has 0 saturated carbocycles. The quantitative estimate of drug-likeness (QED) is 0.819. The summed E-state index contributed by atoms with van der Waals surface area (Å²) in [4.78, 5) is 15.3. The minimum absolute atomic E-state index is 0.0464. The molecule has 2 aromatic rings. The van der Waals surface area contributed by atoms with Gasteiger partial charge in [0.25, 0.3) is 0 Å². The van der Waals surface area contributed by atoms with Crippen molar-refractivity contribution in [2.75, 3.05) is 0 Å². The summed E-state index contributed by atoms with van der Waals surface area (Å²) < 4.78 is 0. The lowest BCUT2D eigenvalue weighted by molar-refractivity contribution is 0.101. The maximum Gasteiger partial charge on any atom is 0.159 e. The van der Waals surface area contributed by atoms with Crippen molar-refractivity contribution < 1.29 is 9.90 Å². The Morgan fingerprint density at radius 1 is 1.24 bits per heavy atom. The zero-order valence-corrected chi connectivity index (χ0v) is 9.55. The van der Waals surface area contributed by atoms with Gasteiger partial charge in [0.15, 0.2) is 5.78 Å². The van der Waals surface area contributed by atoms with Crippen molar-refractivity contribution in [1.29, 1.82) is 0 Å². The average molecular weight is 227 g/mol. The van der Waals surface area contributed by atoms with E-state index in [2.05, 4.69) is 4.98 Å². The molecule has 86 valence electrons. The van der Waals surface area contributed by atoms with E-state index in [0.29, 0.717) is 11.3 Å². The second kappa shape index (κ2) is 4.89. The topological polar surface area (TPSA) is 50.2 Å². The van der Waals surface area contributed by atoms with Crippen LogP contribution in [0.15, 0.2) is 42.6 Å². The number of carbonyl (C=O) groups is 1. The Hall–Kier alpha value is -2.00. The van der Waals surface area contributed by atoms with Crippen molar-refractivity contribution in [3.05, 3.63) is 53.9 Å². The highest BCUT2D eigenvalue weighted by Crippen LogP contribution is 2.22. The molecule has 1 N–H and O–H groups in total. The smallest absolute Gasteiger partial charge is 0.159 e. The number of aliphatic hydroxyl groups excluding tert-OH is 1. The Balaban J connectivity index is 2.43. The summed E-state index contributed by atoms with van der Waals surface area (Å²) in [5.41, 5.74) is 3.17.